The molecule has 0 bridgehead atoms. The molecule has 11 heteroatoms. The van der Waals surface area contributed by atoms with Gasteiger partial charge >= 0.3 is 0 Å². The molecule has 2 fully saturated rings. The second-order valence-corrected chi connectivity index (χ2v) is 9.58. The molecular formula is C25H30N8O3. The highest BCUT2D eigenvalue weighted by molar-refractivity contribution is 5.96. The molecule has 0 radical (unpaired) electrons. The van der Waals surface area contributed by atoms with E-state index >= 15 is 0 Å². The summed E-state index contributed by atoms with van der Waals surface area (Å²) in [6.45, 7) is 2.77. The normalized spacial score (nSPS) is 20.6. The summed E-state index contributed by atoms with van der Waals surface area (Å²) in [6, 6.07) is 7.00. The Balaban J connectivity index is 1.32. The van der Waals surface area contributed by atoms with Crippen LogP contribution in [0.4, 0.5) is 17.3 Å². The van der Waals surface area contributed by atoms with Crippen molar-refractivity contribution >= 4 is 29.1 Å². The van der Waals surface area contributed by atoms with Crippen molar-refractivity contribution in [3.05, 3.63) is 59.7 Å². The number of hydrogen-bond acceptors (Lipinski definition) is 8. The Morgan fingerprint density at radius 3 is 2.58 bits per heavy atom. The molecule has 1 aliphatic heterocycles. The highest BCUT2D eigenvalue weighted by Crippen LogP contribution is 2.45. The first-order chi connectivity index (χ1) is 17.2. The predicted molar refractivity (Wildman–Crippen MR) is 134 cm³/mol. The Morgan fingerprint density at radius 1 is 1.19 bits per heavy atom. The summed E-state index contributed by atoms with van der Waals surface area (Å²) in [4.78, 5) is 35.9. The summed E-state index contributed by atoms with van der Waals surface area (Å²) in [5, 5.41) is 20.6. The SMILES string of the molecule is C[C@@H]1[C@H](NC(=O)c2ccc(C3(O)CC3)cc2)CCCN1c1cnc(C(N)=O)c(Nc2cnn(C)c2)n1. The second kappa shape index (κ2) is 9.23. The monoisotopic (exact) mass is 490 g/mol. The van der Waals surface area contributed by atoms with E-state index in [1.54, 1.807) is 36.3 Å². The molecule has 5 N–H and O–H groups in total. The van der Waals surface area contributed by atoms with Crippen LogP contribution in [0, 0.1) is 0 Å². The molecule has 1 saturated heterocycles. The molecule has 0 spiro atoms. The number of nitrogens with one attached hydrogen (secondary N) is 2. The number of carbonyl (C=O) groups is 2. The van der Waals surface area contributed by atoms with E-state index in [4.69, 9.17) is 5.73 Å². The highest BCUT2D eigenvalue weighted by Gasteiger charge is 2.42. The molecule has 1 aromatic carbocycles. The fourth-order valence-electron chi connectivity index (χ4n) is 4.66. The van der Waals surface area contributed by atoms with Gasteiger partial charge in [-0.25, -0.2) is 9.97 Å². The van der Waals surface area contributed by atoms with Gasteiger partial charge in [-0.1, -0.05) is 12.1 Å². The van der Waals surface area contributed by atoms with Gasteiger partial charge in [0.25, 0.3) is 11.8 Å². The number of anilines is 3. The average Bonchev–Trinajstić information content (AvgIpc) is 3.49. The summed E-state index contributed by atoms with van der Waals surface area (Å²) < 4.78 is 1.63. The fourth-order valence-corrected chi connectivity index (χ4v) is 4.66. The first-order valence-corrected chi connectivity index (χ1v) is 12.1. The molecule has 2 amide bonds. The van der Waals surface area contributed by atoms with Gasteiger partial charge in [0.2, 0.25) is 0 Å². The Kier molecular flexibility index (Phi) is 6.09. The molecular weight excluding hydrogens is 460 g/mol. The van der Waals surface area contributed by atoms with Crippen LogP contribution in [0.1, 0.15) is 59.0 Å². The lowest BCUT2D eigenvalue weighted by atomic mass is 9.96. The van der Waals surface area contributed by atoms with E-state index in [0.29, 0.717) is 17.1 Å². The molecule has 3 aromatic rings. The van der Waals surface area contributed by atoms with Gasteiger partial charge in [0.05, 0.1) is 23.7 Å². The Morgan fingerprint density at radius 2 is 1.94 bits per heavy atom. The molecule has 0 unspecified atom stereocenters. The molecule has 1 saturated carbocycles. The topological polar surface area (TPSA) is 151 Å². The maximum absolute atomic E-state index is 13.0. The minimum absolute atomic E-state index is 0.0384. The molecule has 2 aliphatic rings. The van der Waals surface area contributed by atoms with Crippen molar-refractivity contribution in [2.24, 2.45) is 12.8 Å². The summed E-state index contributed by atoms with van der Waals surface area (Å²) >= 11 is 0. The minimum Gasteiger partial charge on any atom is -0.385 e. The average molecular weight is 491 g/mol. The fraction of sp³-hybridized carbons (Fsp3) is 0.400. The van der Waals surface area contributed by atoms with E-state index in [-0.39, 0.29) is 29.5 Å². The Bertz CT molecular complexity index is 1280. The van der Waals surface area contributed by atoms with E-state index in [2.05, 4.69) is 30.6 Å². The number of carbonyl (C=O) groups excluding carboxylic acids is 2. The Hall–Kier alpha value is -3.99. The van der Waals surface area contributed by atoms with E-state index in [0.717, 1.165) is 37.8 Å². The molecule has 2 atom stereocenters. The maximum Gasteiger partial charge on any atom is 0.271 e. The first kappa shape index (κ1) is 23.7. The van der Waals surface area contributed by atoms with Gasteiger partial charge in [-0.2, -0.15) is 5.10 Å². The maximum atomic E-state index is 13.0. The van der Waals surface area contributed by atoms with E-state index in [1.807, 2.05) is 19.1 Å². The number of amides is 2. The van der Waals surface area contributed by atoms with Crippen LogP contribution in [0.5, 0.6) is 0 Å². The van der Waals surface area contributed by atoms with Crippen LogP contribution in [0.25, 0.3) is 0 Å². The number of piperidine rings is 1. The first-order valence-electron chi connectivity index (χ1n) is 12.1. The lowest BCUT2D eigenvalue weighted by molar-refractivity contribution is 0.0923. The summed E-state index contributed by atoms with van der Waals surface area (Å²) in [6.07, 6.45) is 8.11. The number of nitrogens with two attached hydrogens (primary N) is 1. The molecule has 11 nitrogen and oxygen atoms in total. The number of benzene rings is 1. The number of nitrogens with zero attached hydrogens (tertiary/aromatic N) is 5. The zero-order chi connectivity index (χ0) is 25.4. The Labute approximate surface area is 208 Å². The van der Waals surface area contributed by atoms with Gasteiger partial charge in [-0.05, 0) is 50.3 Å². The zero-order valence-electron chi connectivity index (χ0n) is 20.3. The van der Waals surface area contributed by atoms with Crippen molar-refractivity contribution < 1.29 is 14.7 Å². The van der Waals surface area contributed by atoms with E-state index in [1.165, 1.54) is 6.20 Å². The van der Waals surface area contributed by atoms with Crippen molar-refractivity contribution in [2.75, 3.05) is 16.8 Å². The van der Waals surface area contributed by atoms with Gasteiger partial charge in [-0.3, -0.25) is 14.3 Å². The van der Waals surface area contributed by atoms with E-state index in [9.17, 15) is 14.7 Å². The predicted octanol–water partition coefficient (Wildman–Crippen LogP) is 1.82. The third kappa shape index (κ3) is 4.74. The third-order valence-corrected chi connectivity index (χ3v) is 6.97. The van der Waals surface area contributed by atoms with Crippen LogP contribution >= 0.6 is 0 Å². The van der Waals surface area contributed by atoms with Gasteiger partial charge in [0.15, 0.2) is 11.5 Å². The summed E-state index contributed by atoms with van der Waals surface area (Å²) in [5.74, 6) is -0.00198. The number of aromatic nitrogens is 4. The molecule has 36 heavy (non-hydrogen) atoms. The van der Waals surface area contributed by atoms with Crippen molar-refractivity contribution in [1.82, 2.24) is 25.1 Å². The third-order valence-electron chi connectivity index (χ3n) is 6.97. The van der Waals surface area contributed by atoms with Crippen LogP contribution in [0.15, 0.2) is 42.9 Å². The molecule has 1 aliphatic carbocycles. The number of primary amides is 1. The standard InChI is InChI=1S/C25H30N8O3/c1-15-19(30-24(35)16-5-7-17(8-6-16)25(36)9-10-25)4-3-11-33(15)20-13-27-21(22(26)34)23(31-20)29-18-12-28-32(2)14-18/h5-8,12-15,19,36H,3-4,9-11H2,1-2H3,(H2,26,34)(H,29,31)(H,30,35)/t15-,19-/m1/s1. The van der Waals surface area contributed by atoms with Crippen molar-refractivity contribution in [3.8, 4) is 0 Å². The smallest absolute Gasteiger partial charge is 0.271 e. The highest BCUT2D eigenvalue weighted by atomic mass is 16.3. The van der Waals surface area contributed by atoms with E-state index < -0.39 is 11.5 Å². The van der Waals surface area contributed by atoms with Crippen LogP contribution in [-0.2, 0) is 12.6 Å². The largest absolute Gasteiger partial charge is 0.385 e. The van der Waals surface area contributed by atoms with Crippen LogP contribution < -0.4 is 21.3 Å². The van der Waals surface area contributed by atoms with Crippen molar-refractivity contribution in [2.45, 2.75) is 50.3 Å². The lowest BCUT2D eigenvalue weighted by Crippen LogP contribution is -2.54. The number of hydrogen-bond donors (Lipinski definition) is 4. The van der Waals surface area contributed by atoms with Gasteiger partial charge in [0.1, 0.15) is 5.82 Å². The van der Waals surface area contributed by atoms with Crippen LogP contribution in [0.2, 0.25) is 0 Å². The van der Waals surface area contributed by atoms with Crippen molar-refractivity contribution in [3.63, 3.8) is 0 Å². The number of aliphatic hydroxyl groups is 1. The molecule has 2 aromatic heterocycles. The molecule has 5 rings (SSSR count). The lowest BCUT2D eigenvalue weighted by Gasteiger charge is -2.40. The minimum atomic E-state index is -0.719. The van der Waals surface area contributed by atoms with Crippen molar-refractivity contribution in [1.29, 1.82) is 0 Å². The van der Waals surface area contributed by atoms with Gasteiger partial charge < -0.3 is 26.4 Å². The quantitative estimate of drug-likeness (QED) is 0.391. The summed E-state index contributed by atoms with van der Waals surface area (Å²) in [7, 11) is 1.79. The number of rotatable bonds is 7. The van der Waals surface area contributed by atoms with Gasteiger partial charge in [0, 0.05) is 37.4 Å². The number of aryl methyl sites for hydroxylation is 1. The molecule has 188 valence electrons. The van der Waals surface area contributed by atoms with Crippen LogP contribution in [0.3, 0.4) is 0 Å². The zero-order valence-corrected chi connectivity index (χ0v) is 20.3. The van der Waals surface area contributed by atoms with Crippen LogP contribution in [-0.4, -0.2) is 55.3 Å². The second-order valence-electron chi connectivity index (χ2n) is 9.58. The van der Waals surface area contributed by atoms with Gasteiger partial charge in [-0.15, -0.1) is 0 Å². The molecule has 3 heterocycles. The summed E-state index contributed by atoms with van der Waals surface area (Å²) in [5.41, 5.74) is 6.90.